The first-order chi connectivity index (χ1) is 19.5. The lowest BCUT2D eigenvalue weighted by molar-refractivity contribution is 0.0693. The third kappa shape index (κ3) is 5.87. The Kier molecular flexibility index (Phi) is 8.45. The van der Waals surface area contributed by atoms with Gasteiger partial charge in [0, 0.05) is 36.7 Å². The fourth-order valence-electron chi connectivity index (χ4n) is 4.66. The van der Waals surface area contributed by atoms with Crippen LogP contribution in [0.15, 0.2) is 55.0 Å². The van der Waals surface area contributed by atoms with Crippen molar-refractivity contribution in [1.29, 1.82) is 0 Å². The highest BCUT2D eigenvalue weighted by atomic mass is 35.5. The molecule has 0 radical (unpaired) electrons. The summed E-state index contributed by atoms with van der Waals surface area (Å²) in [4.78, 5) is 23.8. The van der Waals surface area contributed by atoms with Gasteiger partial charge < -0.3 is 25.8 Å². The summed E-state index contributed by atoms with van der Waals surface area (Å²) in [6, 6.07) is 9.79. The monoisotopic (exact) mass is 562 g/mol. The second-order valence-corrected chi connectivity index (χ2v) is 9.76. The van der Waals surface area contributed by atoms with Gasteiger partial charge in [-0.15, -0.1) is 0 Å². The maximum absolute atomic E-state index is 14.7. The summed E-state index contributed by atoms with van der Waals surface area (Å²) in [6.45, 7) is 1.68. The minimum Gasteiger partial charge on any atom is -0.478 e. The van der Waals surface area contributed by atoms with E-state index in [1.165, 1.54) is 12.1 Å². The Morgan fingerprint density at radius 1 is 1.20 bits per heavy atom. The average molecular weight is 563 g/mol. The molecule has 11 heteroatoms. The van der Waals surface area contributed by atoms with Gasteiger partial charge in [-0.3, -0.25) is 9.20 Å². The van der Waals surface area contributed by atoms with E-state index in [9.17, 15) is 9.18 Å². The fraction of sp³-hybridized carbons (Fsp3) is 0.276. The number of nitrogens with one attached hydrogen (secondary N) is 1. The molecule has 40 heavy (non-hydrogen) atoms. The zero-order valence-electron chi connectivity index (χ0n) is 21.6. The molecular weight excluding hydrogens is 535 g/mol. The molecule has 2 aromatic carbocycles. The molecule has 3 heterocycles. The molecule has 9 nitrogen and oxygen atoms in total. The maximum atomic E-state index is 14.7. The number of aliphatic hydroxyl groups excluding tert-OH is 1. The second-order valence-electron chi connectivity index (χ2n) is 9.35. The number of amides is 1. The number of hydrogen-bond acceptors (Lipinski definition) is 7. The zero-order valence-corrected chi connectivity index (χ0v) is 22.4. The standard InChI is InChI=1S/C29H28ClFN6O3/c30-23-16-21(4-5-22(23)29(39)36-10-7-19(17-32)8-11-36)35-27-28-34-18-25(37(28)12-9-33-27)20-3-6-26(24(31)15-20)40-14-2-1-13-38/h3-6,9,12,15-16,18-19,38H,7-8,10-11,13-14,17,32H2,(H,33,35). The van der Waals surface area contributed by atoms with Crippen molar-refractivity contribution >= 4 is 34.7 Å². The maximum Gasteiger partial charge on any atom is 0.255 e. The first-order valence-electron chi connectivity index (χ1n) is 12.9. The molecule has 1 fully saturated rings. The van der Waals surface area contributed by atoms with Crippen molar-refractivity contribution in [1.82, 2.24) is 19.3 Å². The van der Waals surface area contributed by atoms with Crippen LogP contribution in [-0.2, 0) is 0 Å². The number of nitrogens with two attached hydrogens (primary N) is 1. The highest BCUT2D eigenvalue weighted by Crippen LogP contribution is 2.30. The summed E-state index contributed by atoms with van der Waals surface area (Å²) in [6.07, 6.45) is 6.77. The Balaban J connectivity index is 1.33. The summed E-state index contributed by atoms with van der Waals surface area (Å²) >= 11 is 6.53. The number of benzene rings is 2. The van der Waals surface area contributed by atoms with Crippen LogP contribution < -0.4 is 15.8 Å². The normalized spacial score (nSPS) is 13.7. The number of carbonyl (C=O) groups excluding carboxylic acids is 1. The molecule has 2 aromatic heterocycles. The molecule has 0 aliphatic carbocycles. The van der Waals surface area contributed by atoms with E-state index in [4.69, 9.17) is 27.2 Å². The number of carbonyl (C=O) groups is 1. The molecular formula is C29H28ClFN6O3. The zero-order chi connectivity index (χ0) is 28.1. The van der Waals surface area contributed by atoms with Gasteiger partial charge in [0.1, 0.15) is 13.2 Å². The van der Waals surface area contributed by atoms with Crippen molar-refractivity contribution in [3.8, 4) is 28.8 Å². The first-order valence-corrected chi connectivity index (χ1v) is 13.2. The van der Waals surface area contributed by atoms with Gasteiger partial charge in [-0.1, -0.05) is 23.4 Å². The summed E-state index contributed by atoms with van der Waals surface area (Å²) in [7, 11) is 0. The lowest BCUT2D eigenvalue weighted by atomic mass is 9.96. The lowest BCUT2D eigenvalue weighted by Crippen LogP contribution is -2.40. The van der Waals surface area contributed by atoms with E-state index in [0.717, 1.165) is 12.8 Å². The van der Waals surface area contributed by atoms with Crippen LogP contribution in [0.5, 0.6) is 5.75 Å². The van der Waals surface area contributed by atoms with Gasteiger partial charge >= 0.3 is 0 Å². The predicted molar refractivity (Wildman–Crippen MR) is 151 cm³/mol. The second kappa shape index (κ2) is 12.3. The smallest absolute Gasteiger partial charge is 0.255 e. The topological polar surface area (TPSA) is 118 Å². The Morgan fingerprint density at radius 3 is 2.75 bits per heavy atom. The molecule has 0 bridgehead atoms. The number of rotatable bonds is 7. The summed E-state index contributed by atoms with van der Waals surface area (Å²) in [5, 5.41) is 12.3. The Labute approximate surface area is 235 Å². The molecule has 0 atom stereocenters. The van der Waals surface area contributed by atoms with Crippen LogP contribution in [-0.4, -0.2) is 63.1 Å². The van der Waals surface area contributed by atoms with Crippen molar-refractivity contribution in [2.45, 2.75) is 12.8 Å². The number of imidazole rings is 1. The van der Waals surface area contributed by atoms with Crippen LogP contribution in [0, 0.1) is 23.6 Å². The van der Waals surface area contributed by atoms with Gasteiger partial charge in [-0.2, -0.15) is 0 Å². The third-order valence-corrected chi connectivity index (χ3v) is 7.17. The minimum absolute atomic E-state index is 0.0280. The van der Waals surface area contributed by atoms with Crippen LogP contribution in [0.3, 0.4) is 0 Å². The molecule has 1 saturated heterocycles. The molecule has 0 unspecified atom stereocenters. The van der Waals surface area contributed by atoms with Gasteiger partial charge in [0.2, 0.25) is 0 Å². The number of halogens is 2. The number of hydrogen-bond donors (Lipinski definition) is 3. The number of anilines is 2. The van der Waals surface area contributed by atoms with Gasteiger partial charge in [-0.25, -0.2) is 14.4 Å². The van der Waals surface area contributed by atoms with Crippen molar-refractivity contribution < 1.29 is 19.0 Å². The molecule has 1 aliphatic heterocycles. The number of likely N-dealkylation sites (tertiary alicyclic amines) is 1. The molecule has 4 N–H and O–H groups in total. The van der Waals surface area contributed by atoms with Crippen LogP contribution >= 0.6 is 11.6 Å². The quantitative estimate of drug-likeness (QED) is 0.290. The van der Waals surface area contributed by atoms with Crippen LogP contribution in [0.4, 0.5) is 15.9 Å². The van der Waals surface area contributed by atoms with E-state index in [-0.39, 0.29) is 24.9 Å². The van der Waals surface area contributed by atoms with Gasteiger partial charge in [0.25, 0.3) is 5.91 Å². The molecule has 0 saturated carbocycles. The molecule has 206 valence electrons. The number of ether oxygens (including phenoxy) is 1. The summed E-state index contributed by atoms with van der Waals surface area (Å²) < 4.78 is 21.8. The summed E-state index contributed by atoms with van der Waals surface area (Å²) in [5.41, 5.74) is 8.63. The number of nitrogens with zero attached hydrogens (tertiary/aromatic N) is 4. The van der Waals surface area contributed by atoms with Crippen molar-refractivity contribution in [3.05, 3.63) is 71.4 Å². The summed E-state index contributed by atoms with van der Waals surface area (Å²) in [5.74, 6) is 5.39. The van der Waals surface area contributed by atoms with Gasteiger partial charge in [0.15, 0.2) is 23.0 Å². The number of aromatic nitrogens is 3. The van der Waals surface area contributed by atoms with Crippen LogP contribution in [0.2, 0.25) is 5.02 Å². The van der Waals surface area contributed by atoms with Crippen LogP contribution in [0.1, 0.15) is 23.2 Å². The van der Waals surface area contributed by atoms with Crippen molar-refractivity contribution in [3.63, 3.8) is 0 Å². The third-order valence-electron chi connectivity index (χ3n) is 6.86. The van der Waals surface area contributed by atoms with Gasteiger partial charge in [0.05, 0.1) is 22.5 Å². The van der Waals surface area contributed by atoms with E-state index in [2.05, 4.69) is 27.1 Å². The van der Waals surface area contributed by atoms with E-state index in [1.807, 2.05) is 4.90 Å². The molecule has 4 aromatic rings. The Morgan fingerprint density at radius 2 is 2.02 bits per heavy atom. The molecule has 1 amide bonds. The largest absolute Gasteiger partial charge is 0.478 e. The lowest BCUT2D eigenvalue weighted by Gasteiger charge is -2.31. The van der Waals surface area contributed by atoms with Gasteiger partial charge in [-0.05, 0) is 61.7 Å². The highest BCUT2D eigenvalue weighted by molar-refractivity contribution is 6.34. The Hall–Kier alpha value is -4.17. The molecule has 0 spiro atoms. The van der Waals surface area contributed by atoms with E-state index in [0.29, 0.717) is 64.5 Å². The SMILES string of the molecule is NCC1CCN(C(=O)c2ccc(Nc3nccn4c(-c5ccc(OCC#CCO)c(F)c5)cnc34)cc2Cl)CC1. The van der Waals surface area contributed by atoms with Crippen LogP contribution in [0.25, 0.3) is 16.9 Å². The molecule has 1 aliphatic rings. The number of aliphatic hydroxyl groups is 1. The fourth-order valence-corrected chi connectivity index (χ4v) is 4.93. The Bertz CT molecular complexity index is 1590. The highest BCUT2D eigenvalue weighted by Gasteiger charge is 2.24. The molecule has 5 rings (SSSR count). The average Bonchev–Trinajstić information content (AvgIpc) is 3.41. The van der Waals surface area contributed by atoms with E-state index >= 15 is 0 Å². The first kappa shape index (κ1) is 27.4. The van der Waals surface area contributed by atoms with E-state index in [1.54, 1.807) is 47.3 Å². The van der Waals surface area contributed by atoms with E-state index < -0.39 is 5.82 Å². The predicted octanol–water partition coefficient (Wildman–Crippen LogP) is 4.12. The van der Waals surface area contributed by atoms with Crippen molar-refractivity contribution in [2.24, 2.45) is 11.7 Å². The number of piperidine rings is 1. The van der Waals surface area contributed by atoms with Crippen molar-refractivity contribution in [2.75, 3.05) is 38.2 Å². The number of fused-ring (bicyclic) bond motifs is 1. The minimum atomic E-state index is -0.543.